The van der Waals surface area contributed by atoms with Crippen LogP contribution in [0.4, 0.5) is 0 Å². The molecule has 0 aromatic rings. The predicted molar refractivity (Wildman–Crippen MR) is 63.6 cm³/mol. The number of hydrogen-bond donors (Lipinski definition) is 0. The molecule has 3 heteroatoms. The van der Waals surface area contributed by atoms with Gasteiger partial charge in [-0.1, -0.05) is 20.8 Å². The van der Waals surface area contributed by atoms with E-state index in [0.717, 1.165) is 32.4 Å². The van der Waals surface area contributed by atoms with Crippen LogP contribution in [0.25, 0.3) is 0 Å². The summed E-state index contributed by atoms with van der Waals surface area (Å²) in [6.07, 6.45) is 3.96. The zero-order chi connectivity index (χ0) is 12.2. The van der Waals surface area contributed by atoms with E-state index in [-0.39, 0.29) is 5.91 Å². The lowest BCUT2D eigenvalue weighted by molar-refractivity contribution is -0.133. The molecule has 0 aliphatic carbocycles. The summed E-state index contributed by atoms with van der Waals surface area (Å²) in [6, 6.07) is 2.10. The van der Waals surface area contributed by atoms with Crippen LogP contribution in [0.1, 0.15) is 46.5 Å². The molecule has 0 aromatic carbocycles. The number of rotatable bonds is 4. The molecule has 1 atom stereocenters. The normalized spacial score (nSPS) is 20.5. The van der Waals surface area contributed by atoms with Crippen molar-refractivity contribution in [1.82, 2.24) is 4.90 Å². The standard InChI is InChI=1S/C13H22N2O/c1-4-11(9-14)12(16)15-8-7-13(5-2,6-3)10-15/h11H,4-8,10H2,1-3H3. The Morgan fingerprint density at radius 2 is 2.06 bits per heavy atom. The van der Waals surface area contributed by atoms with E-state index in [9.17, 15) is 4.79 Å². The third-order valence-corrected chi connectivity index (χ3v) is 4.11. The highest BCUT2D eigenvalue weighted by molar-refractivity contribution is 5.81. The minimum Gasteiger partial charge on any atom is -0.341 e. The van der Waals surface area contributed by atoms with E-state index in [1.807, 2.05) is 11.8 Å². The van der Waals surface area contributed by atoms with Crippen molar-refractivity contribution in [2.24, 2.45) is 11.3 Å². The van der Waals surface area contributed by atoms with E-state index in [1.54, 1.807) is 0 Å². The number of likely N-dealkylation sites (tertiary alicyclic amines) is 1. The van der Waals surface area contributed by atoms with Crippen LogP contribution in [0, 0.1) is 22.7 Å². The van der Waals surface area contributed by atoms with Crippen molar-refractivity contribution in [3.05, 3.63) is 0 Å². The Morgan fingerprint density at radius 3 is 2.44 bits per heavy atom. The maximum absolute atomic E-state index is 12.0. The number of carbonyl (C=O) groups is 1. The Kier molecular flexibility index (Phi) is 4.35. The molecule has 0 bridgehead atoms. The second kappa shape index (κ2) is 5.34. The Balaban J connectivity index is 2.66. The zero-order valence-electron chi connectivity index (χ0n) is 10.6. The smallest absolute Gasteiger partial charge is 0.239 e. The first-order chi connectivity index (χ1) is 7.62. The Hall–Kier alpha value is -1.04. The maximum Gasteiger partial charge on any atom is 0.239 e. The lowest BCUT2D eigenvalue weighted by atomic mass is 9.82. The molecule has 1 rings (SSSR count). The van der Waals surface area contributed by atoms with Gasteiger partial charge in [-0.15, -0.1) is 0 Å². The average Bonchev–Trinajstić information content (AvgIpc) is 2.75. The van der Waals surface area contributed by atoms with Crippen molar-refractivity contribution in [1.29, 1.82) is 5.26 Å². The molecule has 0 spiro atoms. The van der Waals surface area contributed by atoms with Crippen molar-refractivity contribution in [3.8, 4) is 6.07 Å². The van der Waals surface area contributed by atoms with Gasteiger partial charge in [0.2, 0.25) is 5.91 Å². The van der Waals surface area contributed by atoms with Gasteiger partial charge in [0.1, 0.15) is 5.92 Å². The van der Waals surface area contributed by atoms with Gasteiger partial charge < -0.3 is 4.90 Å². The summed E-state index contributed by atoms with van der Waals surface area (Å²) in [4.78, 5) is 13.9. The molecule has 0 radical (unpaired) electrons. The number of carbonyl (C=O) groups excluding carboxylic acids is 1. The van der Waals surface area contributed by atoms with E-state index < -0.39 is 5.92 Å². The lowest BCUT2D eigenvalue weighted by Gasteiger charge is -2.26. The van der Waals surface area contributed by atoms with E-state index in [1.165, 1.54) is 0 Å². The van der Waals surface area contributed by atoms with Crippen LogP contribution in [0.2, 0.25) is 0 Å². The van der Waals surface area contributed by atoms with E-state index in [4.69, 9.17) is 5.26 Å². The summed E-state index contributed by atoms with van der Waals surface area (Å²) < 4.78 is 0. The number of hydrogen-bond acceptors (Lipinski definition) is 2. The number of amides is 1. The summed E-state index contributed by atoms with van der Waals surface area (Å²) in [5.41, 5.74) is 0.309. The number of nitrogens with zero attached hydrogens (tertiary/aromatic N) is 2. The lowest BCUT2D eigenvalue weighted by Crippen LogP contribution is -2.35. The van der Waals surface area contributed by atoms with Crippen molar-refractivity contribution in [3.63, 3.8) is 0 Å². The van der Waals surface area contributed by atoms with Gasteiger partial charge in [0, 0.05) is 13.1 Å². The number of nitriles is 1. The first-order valence-electron chi connectivity index (χ1n) is 6.30. The molecule has 1 aliphatic rings. The molecule has 1 amide bonds. The molecule has 1 aliphatic heterocycles. The van der Waals surface area contributed by atoms with E-state index in [0.29, 0.717) is 11.8 Å². The van der Waals surface area contributed by atoms with Gasteiger partial charge in [0.05, 0.1) is 6.07 Å². The van der Waals surface area contributed by atoms with Crippen LogP contribution in [-0.4, -0.2) is 23.9 Å². The second-order valence-electron chi connectivity index (χ2n) is 4.81. The SMILES string of the molecule is CCC(C#N)C(=O)N1CCC(CC)(CC)C1. The molecule has 0 N–H and O–H groups in total. The Bertz CT molecular complexity index is 289. The van der Waals surface area contributed by atoms with Crippen LogP contribution in [0.3, 0.4) is 0 Å². The molecule has 1 unspecified atom stereocenters. The Morgan fingerprint density at radius 1 is 1.44 bits per heavy atom. The van der Waals surface area contributed by atoms with E-state index >= 15 is 0 Å². The summed E-state index contributed by atoms with van der Waals surface area (Å²) in [6.45, 7) is 7.96. The molecular weight excluding hydrogens is 200 g/mol. The van der Waals surface area contributed by atoms with E-state index in [2.05, 4.69) is 19.9 Å². The first-order valence-corrected chi connectivity index (χ1v) is 6.30. The molecule has 16 heavy (non-hydrogen) atoms. The van der Waals surface area contributed by atoms with Crippen molar-refractivity contribution >= 4 is 5.91 Å². The molecule has 3 nitrogen and oxygen atoms in total. The largest absolute Gasteiger partial charge is 0.341 e. The van der Waals surface area contributed by atoms with Crippen LogP contribution >= 0.6 is 0 Å². The van der Waals surface area contributed by atoms with Gasteiger partial charge in [-0.2, -0.15) is 5.26 Å². The third kappa shape index (κ3) is 2.37. The molecular formula is C13H22N2O. The predicted octanol–water partition coefficient (Wildman–Crippen LogP) is 2.57. The Labute approximate surface area is 98.4 Å². The van der Waals surface area contributed by atoms with Gasteiger partial charge in [0.25, 0.3) is 0 Å². The fourth-order valence-corrected chi connectivity index (χ4v) is 2.49. The monoisotopic (exact) mass is 222 g/mol. The van der Waals surface area contributed by atoms with Gasteiger partial charge in [-0.05, 0) is 31.1 Å². The quantitative estimate of drug-likeness (QED) is 0.733. The first kappa shape index (κ1) is 13.0. The average molecular weight is 222 g/mol. The summed E-state index contributed by atoms with van der Waals surface area (Å²) in [7, 11) is 0. The van der Waals surface area contributed by atoms with Gasteiger partial charge >= 0.3 is 0 Å². The maximum atomic E-state index is 12.0. The summed E-state index contributed by atoms with van der Waals surface area (Å²) in [5, 5.41) is 8.90. The minimum atomic E-state index is -0.440. The molecule has 90 valence electrons. The third-order valence-electron chi connectivity index (χ3n) is 4.11. The van der Waals surface area contributed by atoms with Crippen molar-refractivity contribution in [2.75, 3.05) is 13.1 Å². The second-order valence-corrected chi connectivity index (χ2v) is 4.81. The summed E-state index contributed by atoms with van der Waals surface area (Å²) >= 11 is 0. The van der Waals surface area contributed by atoms with Crippen LogP contribution in [-0.2, 0) is 4.79 Å². The molecule has 1 fully saturated rings. The fourth-order valence-electron chi connectivity index (χ4n) is 2.49. The molecule has 0 saturated carbocycles. The van der Waals surface area contributed by atoms with Crippen molar-refractivity contribution < 1.29 is 4.79 Å². The van der Waals surface area contributed by atoms with Gasteiger partial charge in [-0.3, -0.25) is 4.79 Å². The van der Waals surface area contributed by atoms with Crippen LogP contribution in [0.5, 0.6) is 0 Å². The van der Waals surface area contributed by atoms with Gasteiger partial charge in [0.15, 0.2) is 0 Å². The van der Waals surface area contributed by atoms with Crippen molar-refractivity contribution in [2.45, 2.75) is 46.5 Å². The summed E-state index contributed by atoms with van der Waals surface area (Å²) in [5.74, 6) is -0.404. The topological polar surface area (TPSA) is 44.1 Å². The highest BCUT2D eigenvalue weighted by atomic mass is 16.2. The molecule has 1 heterocycles. The highest BCUT2D eigenvalue weighted by Crippen LogP contribution is 2.37. The highest BCUT2D eigenvalue weighted by Gasteiger charge is 2.38. The van der Waals surface area contributed by atoms with Gasteiger partial charge in [-0.25, -0.2) is 0 Å². The molecule has 1 saturated heterocycles. The zero-order valence-corrected chi connectivity index (χ0v) is 10.6. The fraction of sp³-hybridized carbons (Fsp3) is 0.846. The van der Waals surface area contributed by atoms with Crippen LogP contribution < -0.4 is 0 Å². The van der Waals surface area contributed by atoms with Crippen LogP contribution in [0.15, 0.2) is 0 Å². The molecule has 0 aromatic heterocycles. The minimum absolute atomic E-state index is 0.0359.